The van der Waals surface area contributed by atoms with Gasteiger partial charge in [0, 0.05) is 12.1 Å². The topological polar surface area (TPSA) is 29.3 Å². The number of unbranched alkanes of at least 4 members (excludes halogenated alkanes) is 1. The molecule has 1 aliphatic rings. The molecule has 1 saturated carbocycles. The smallest absolute Gasteiger partial charge is 0.0283 e. The van der Waals surface area contributed by atoms with Crippen LogP contribution in [0.2, 0.25) is 0 Å². The molecule has 1 aliphatic carbocycles. The predicted octanol–water partition coefficient (Wildman–Crippen LogP) is 2.16. The van der Waals surface area contributed by atoms with E-state index in [-0.39, 0.29) is 5.54 Å². The van der Waals surface area contributed by atoms with Crippen LogP contribution in [0.1, 0.15) is 38.5 Å². The van der Waals surface area contributed by atoms with Crippen molar-refractivity contribution in [1.82, 2.24) is 4.90 Å². The first-order valence-corrected chi connectivity index (χ1v) is 5.75. The molecule has 2 N–H and O–H groups in total. The lowest BCUT2D eigenvalue weighted by molar-refractivity contribution is 0.246. The molecule has 2 heteroatoms. The summed E-state index contributed by atoms with van der Waals surface area (Å²) in [5, 5.41) is 0. The lowest BCUT2D eigenvalue weighted by atomic mass is 9.98. The van der Waals surface area contributed by atoms with Crippen LogP contribution < -0.4 is 5.73 Å². The highest BCUT2D eigenvalue weighted by molar-refractivity contribution is 4.91. The number of hydrogen-bond acceptors (Lipinski definition) is 2. The molecule has 0 aromatic carbocycles. The van der Waals surface area contributed by atoms with E-state index in [2.05, 4.69) is 18.5 Å². The molecule has 0 aromatic heterocycles. The van der Waals surface area contributed by atoms with Crippen LogP contribution in [0, 0.1) is 0 Å². The van der Waals surface area contributed by atoms with E-state index in [1.807, 2.05) is 6.08 Å². The van der Waals surface area contributed by atoms with E-state index in [9.17, 15) is 0 Å². The van der Waals surface area contributed by atoms with Crippen molar-refractivity contribution in [2.45, 2.75) is 44.1 Å². The minimum Gasteiger partial charge on any atom is -0.324 e. The van der Waals surface area contributed by atoms with Crippen LogP contribution in [-0.2, 0) is 0 Å². The Morgan fingerprint density at radius 1 is 1.43 bits per heavy atom. The van der Waals surface area contributed by atoms with Crippen molar-refractivity contribution in [2.24, 2.45) is 5.73 Å². The van der Waals surface area contributed by atoms with Crippen LogP contribution in [0.15, 0.2) is 12.7 Å². The first kappa shape index (κ1) is 11.7. The predicted molar refractivity (Wildman–Crippen MR) is 62.3 cm³/mol. The highest BCUT2D eigenvalue weighted by Crippen LogP contribution is 2.27. The van der Waals surface area contributed by atoms with Crippen molar-refractivity contribution in [1.29, 1.82) is 0 Å². The van der Waals surface area contributed by atoms with Gasteiger partial charge in [0.2, 0.25) is 0 Å². The summed E-state index contributed by atoms with van der Waals surface area (Å²) in [4.78, 5) is 2.37. The van der Waals surface area contributed by atoms with E-state index >= 15 is 0 Å². The second-order valence-electron chi connectivity index (χ2n) is 4.74. The Morgan fingerprint density at radius 3 is 2.64 bits per heavy atom. The van der Waals surface area contributed by atoms with Crippen molar-refractivity contribution in [3.05, 3.63) is 12.7 Å². The molecule has 0 spiro atoms. The summed E-state index contributed by atoms with van der Waals surface area (Å²) in [6.07, 6.45) is 9.35. The van der Waals surface area contributed by atoms with E-state index in [0.29, 0.717) is 0 Å². The summed E-state index contributed by atoms with van der Waals surface area (Å²) in [5.74, 6) is 0. The first-order valence-electron chi connectivity index (χ1n) is 5.75. The van der Waals surface area contributed by atoms with Gasteiger partial charge in [0.25, 0.3) is 0 Å². The van der Waals surface area contributed by atoms with Gasteiger partial charge in [-0.1, -0.05) is 18.9 Å². The number of likely N-dealkylation sites (N-methyl/N-ethyl adjacent to an activating group) is 1. The van der Waals surface area contributed by atoms with Crippen LogP contribution in [0.3, 0.4) is 0 Å². The van der Waals surface area contributed by atoms with Gasteiger partial charge >= 0.3 is 0 Å². The zero-order valence-corrected chi connectivity index (χ0v) is 9.47. The highest BCUT2D eigenvalue weighted by Gasteiger charge is 2.29. The Hall–Kier alpha value is -0.340. The monoisotopic (exact) mass is 196 g/mol. The van der Waals surface area contributed by atoms with E-state index < -0.39 is 0 Å². The van der Waals surface area contributed by atoms with E-state index in [1.165, 1.54) is 32.1 Å². The molecular formula is C12H24N2. The van der Waals surface area contributed by atoms with Gasteiger partial charge in [-0.15, -0.1) is 6.58 Å². The Labute approximate surface area is 88.2 Å². The Morgan fingerprint density at radius 2 is 2.07 bits per heavy atom. The fourth-order valence-corrected chi connectivity index (χ4v) is 2.36. The van der Waals surface area contributed by atoms with Gasteiger partial charge in [0.05, 0.1) is 0 Å². The summed E-state index contributed by atoms with van der Waals surface area (Å²) in [6.45, 7) is 5.93. The van der Waals surface area contributed by atoms with Crippen molar-refractivity contribution in [2.75, 3.05) is 20.1 Å². The van der Waals surface area contributed by atoms with Crippen molar-refractivity contribution < 1.29 is 0 Å². The molecule has 0 unspecified atom stereocenters. The van der Waals surface area contributed by atoms with Gasteiger partial charge in [-0.3, -0.25) is 0 Å². The summed E-state index contributed by atoms with van der Waals surface area (Å²) in [5.41, 5.74) is 6.42. The molecule has 82 valence electrons. The van der Waals surface area contributed by atoms with Crippen LogP contribution in [-0.4, -0.2) is 30.6 Å². The van der Waals surface area contributed by atoms with Gasteiger partial charge < -0.3 is 10.6 Å². The third kappa shape index (κ3) is 3.81. The molecule has 0 amide bonds. The standard InChI is InChI=1S/C12H24N2/c1-3-4-7-10-14(2)11-12(13)8-5-6-9-12/h3H,1,4-11,13H2,2H3. The largest absolute Gasteiger partial charge is 0.324 e. The molecular weight excluding hydrogens is 172 g/mol. The molecule has 0 aromatic rings. The zero-order chi connectivity index (χ0) is 10.4. The molecule has 0 atom stereocenters. The van der Waals surface area contributed by atoms with Crippen molar-refractivity contribution >= 4 is 0 Å². The lowest BCUT2D eigenvalue weighted by Gasteiger charge is -2.29. The molecule has 0 radical (unpaired) electrons. The third-order valence-corrected chi connectivity index (χ3v) is 3.13. The fraction of sp³-hybridized carbons (Fsp3) is 0.833. The molecule has 1 fully saturated rings. The quantitative estimate of drug-likeness (QED) is 0.521. The minimum atomic E-state index is 0.114. The summed E-state index contributed by atoms with van der Waals surface area (Å²) in [7, 11) is 2.18. The molecule has 0 saturated heterocycles. The second kappa shape index (κ2) is 5.52. The summed E-state index contributed by atoms with van der Waals surface area (Å²) < 4.78 is 0. The van der Waals surface area contributed by atoms with E-state index in [0.717, 1.165) is 19.5 Å². The van der Waals surface area contributed by atoms with Gasteiger partial charge in [-0.2, -0.15) is 0 Å². The Kier molecular flexibility index (Phi) is 4.63. The Bertz CT molecular complexity index is 171. The van der Waals surface area contributed by atoms with Crippen LogP contribution in [0.25, 0.3) is 0 Å². The molecule has 0 bridgehead atoms. The van der Waals surface area contributed by atoms with Crippen molar-refractivity contribution in [3.63, 3.8) is 0 Å². The van der Waals surface area contributed by atoms with Crippen LogP contribution in [0.5, 0.6) is 0 Å². The fourth-order valence-electron chi connectivity index (χ4n) is 2.36. The maximum absolute atomic E-state index is 6.30. The molecule has 1 rings (SSSR count). The van der Waals surface area contributed by atoms with Gasteiger partial charge in [0.15, 0.2) is 0 Å². The maximum atomic E-state index is 6.30. The van der Waals surface area contributed by atoms with Gasteiger partial charge in [-0.25, -0.2) is 0 Å². The maximum Gasteiger partial charge on any atom is 0.0283 e. The summed E-state index contributed by atoms with van der Waals surface area (Å²) in [6, 6.07) is 0. The number of rotatable bonds is 6. The average molecular weight is 196 g/mol. The molecule has 14 heavy (non-hydrogen) atoms. The molecule has 0 heterocycles. The highest BCUT2D eigenvalue weighted by atomic mass is 15.1. The number of allylic oxidation sites excluding steroid dienone is 1. The number of nitrogens with two attached hydrogens (primary N) is 1. The van der Waals surface area contributed by atoms with E-state index in [1.54, 1.807) is 0 Å². The van der Waals surface area contributed by atoms with Crippen molar-refractivity contribution in [3.8, 4) is 0 Å². The zero-order valence-electron chi connectivity index (χ0n) is 9.47. The Balaban J connectivity index is 2.18. The molecule has 0 aliphatic heterocycles. The van der Waals surface area contributed by atoms with Crippen LogP contribution in [0.4, 0.5) is 0 Å². The first-order chi connectivity index (χ1) is 6.66. The van der Waals surface area contributed by atoms with Gasteiger partial charge in [-0.05, 0) is 39.3 Å². The number of hydrogen-bond donors (Lipinski definition) is 1. The number of nitrogens with zero attached hydrogens (tertiary/aromatic N) is 1. The average Bonchev–Trinajstić information content (AvgIpc) is 2.52. The SMILES string of the molecule is C=CCCCN(C)CC1(N)CCCC1. The normalized spacial score (nSPS) is 20.2. The lowest BCUT2D eigenvalue weighted by Crippen LogP contribution is -2.47. The molecule has 2 nitrogen and oxygen atoms in total. The third-order valence-electron chi connectivity index (χ3n) is 3.13. The van der Waals surface area contributed by atoms with Crippen LogP contribution >= 0.6 is 0 Å². The van der Waals surface area contributed by atoms with E-state index in [4.69, 9.17) is 5.73 Å². The minimum absolute atomic E-state index is 0.114. The summed E-state index contributed by atoms with van der Waals surface area (Å²) >= 11 is 0. The second-order valence-corrected chi connectivity index (χ2v) is 4.74. The van der Waals surface area contributed by atoms with Gasteiger partial charge in [0.1, 0.15) is 0 Å².